The van der Waals surface area contributed by atoms with Gasteiger partial charge in [-0.1, -0.05) is 30.3 Å². The fourth-order valence-corrected chi connectivity index (χ4v) is 3.84. The van der Waals surface area contributed by atoms with Crippen molar-refractivity contribution in [1.29, 1.82) is 0 Å². The summed E-state index contributed by atoms with van der Waals surface area (Å²) in [5.74, 6) is -0.130. The van der Waals surface area contributed by atoms with Crippen molar-refractivity contribution in [2.24, 2.45) is 0 Å². The highest BCUT2D eigenvalue weighted by Gasteiger charge is 2.21. The first-order valence-electron chi connectivity index (χ1n) is 10.5. The number of rotatable bonds is 6. The smallest absolute Gasteiger partial charge is 0.338 e. The lowest BCUT2D eigenvalue weighted by atomic mass is 10.1. The van der Waals surface area contributed by atoms with Crippen LogP contribution in [0.3, 0.4) is 0 Å². The molecular formula is C24H25N3O4. The standard InChI is InChI=1S/C24H25N3O4/c1-16(2)27(14-17-7-4-3-5-8-17)22(28)15-31-24(30)18-10-11-19-20(13-18)25-21-9-6-12-26(21)23(19)29/h3-5,7-8,10-11,13,16H,6,9,12,14-15H2,1-2H3. The zero-order chi connectivity index (χ0) is 22.0. The molecule has 1 aliphatic heterocycles. The van der Waals surface area contributed by atoms with E-state index in [4.69, 9.17) is 4.74 Å². The van der Waals surface area contributed by atoms with E-state index in [1.54, 1.807) is 27.7 Å². The fourth-order valence-electron chi connectivity index (χ4n) is 3.84. The van der Waals surface area contributed by atoms with Crippen LogP contribution in [-0.2, 0) is 29.0 Å². The lowest BCUT2D eigenvalue weighted by molar-refractivity contribution is -0.136. The predicted octanol–water partition coefficient (Wildman–Crippen LogP) is 2.94. The second-order valence-electron chi connectivity index (χ2n) is 8.00. The second-order valence-corrected chi connectivity index (χ2v) is 8.00. The molecule has 1 aliphatic rings. The van der Waals surface area contributed by atoms with E-state index >= 15 is 0 Å². The molecule has 0 fully saturated rings. The summed E-state index contributed by atoms with van der Waals surface area (Å²) in [5.41, 5.74) is 1.68. The molecule has 160 valence electrons. The average molecular weight is 419 g/mol. The molecule has 2 heterocycles. The zero-order valence-electron chi connectivity index (χ0n) is 17.7. The Kier molecular flexibility index (Phi) is 5.84. The number of hydrogen-bond acceptors (Lipinski definition) is 5. The van der Waals surface area contributed by atoms with Crippen LogP contribution in [-0.4, -0.2) is 39.0 Å². The SMILES string of the molecule is CC(C)N(Cc1ccccc1)C(=O)COC(=O)c1ccc2c(=O)n3c(nc2c1)CCC3. The monoisotopic (exact) mass is 419 g/mol. The maximum Gasteiger partial charge on any atom is 0.338 e. The molecule has 0 N–H and O–H groups in total. The Morgan fingerprint density at radius 1 is 1.16 bits per heavy atom. The summed E-state index contributed by atoms with van der Waals surface area (Å²) in [6, 6.07) is 14.4. The quantitative estimate of drug-likeness (QED) is 0.574. The van der Waals surface area contributed by atoms with Crippen LogP contribution in [0, 0.1) is 0 Å². The molecule has 7 nitrogen and oxygen atoms in total. The first-order chi connectivity index (χ1) is 14.9. The third kappa shape index (κ3) is 4.35. The third-order valence-electron chi connectivity index (χ3n) is 5.52. The van der Waals surface area contributed by atoms with Crippen molar-refractivity contribution in [3.05, 3.63) is 75.8 Å². The average Bonchev–Trinajstić information content (AvgIpc) is 3.24. The lowest BCUT2D eigenvalue weighted by Gasteiger charge is -2.26. The molecule has 0 atom stereocenters. The molecule has 0 saturated heterocycles. The van der Waals surface area contributed by atoms with Crippen molar-refractivity contribution in [3.8, 4) is 0 Å². The van der Waals surface area contributed by atoms with Crippen molar-refractivity contribution >= 4 is 22.8 Å². The highest BCUT2D eigenvalue weighted by molar-refractivity contribution is 5.95. The number of carbonyl (C=O) groups is 2. The number of fused-ring (bicyclic) bond motifs is 2. The summed E-state index contributed by atoms with van der Waals surface area (Å²) in [4.78, 5) is 44.0. The van der Waals surface area contributed by atoms with E-state index < -0.39 is 5.97 Å². The molecule has 0 spiro atoms. The second kappa shape index (κ2) is 8.71. The Morgan fingerprint density at radius 2 is 1.94 bits per heavy atom. The van der Waals surface area contributed by atoms with Gasteiger partial charge in [-0.05, 0) is 44.0 Å². The summed E-state index contributed by atoms with van der Waals surface area (Å²) in [6.07, 6.45) is 1.64. The van der Waals surface area contributed by atoms with Crippen LogP contribution < -0.4 is 5.56 Å². The Labute approximate surface area is 180 Å². The van der Waals surface area contributed by atoms with E-state index in [9.17, 15) is 14.4 Å². The van der Waals surface area contributed by atoms with Crippen molar-refractivity contribution < 1.29 is 14.3 Å². The van der Waals surface area contributed by atoms with Gasteiger partial charge in [-0.25, -0.2) is 9.78 Å². The largest absolute Gasteiger partial charge is 0.452 e. The zero-order valence-corrected chi connectivity index (χ0v) is 17.7. The van der Waals surface area contributed by atoms with E-state index in [0.717, 1.165) is 24.2 Å². The first kappa shape index (κ1) is 20.8. The number of ether oxygens (including phenoxy) is 1. The molecule has 0 aliphatic carbocycles. The van der Waals surface area contributed by atoms with E-state index in [-0.39, 0.29) is 29.7 Å². The summed E-state index contributed by atoms with van der Waals surface area (Å²) in [7, 11) is 0. The summed E-state index contributed by atoms with van der Waals surface area (Å²) in [5, 5.41) is 0.479. The molecule has 0 radical (unpaired) electrons. The Bertz CT molecular complexity index is 1180. The number of esters is 1. The Hall–Kier alpha value is -3.48. The molecule has 1 aromatic heterocycles. The number of amides is 1. The van der Waals surface area contributed by atoms with E-state index in [0.29, 0.717) is 24.0 Å². The third-order valence-corrected chi connectivity index (χ3v) is 5.52. The summed E-state index contributed by atoms with van der Waals surface area (Å²) >= 11 is 0. The van der Waals surface area contributed by atoms with Crippen LogP contribution in [0.2, 0.25) is 0 Å². The maximum absolute atomic E-state index is 12.7. The van der Waals surface area contributed by atoms with Gasteiger partial charge in [-0.2, -0.15) is 0 Å². The van der Waals surface area contributed by atoms with Crippen molar-refractivity contribution in [3.63, 3.8) is 0 Å². The molecule has 3 aromatic rings. The summed E-state index contributed by atoms with van der Waals surface area (Å²) in [6.45, 7) is 4.63. The molecule has 31 heavy (non-hydrogen) atoms. The molecule has 0 unspecified atom stereocenters. The van der Waals surface area contributed by atoms with Gasteiger partial charge in [0.1, 0.15) is 5.82 Å². The van der Waals surface area contributed by atoms with E-state index in [1.807, 2.05) is 44.2 Å². The highest BCUT2D eigenvalue weighted by Crippen LogP contribution is 2.17. The maximum atomic E-state index is 12.7. The fraction of sp³-hybridized carbons (Fsp3) is 0.333. The topological polar surface area (TPSA) is 81.5 Å². The molecule has 7 heteroatoms. The van der Waals surface area contributed by atoms with Gasteiger partial charge in [0.25, 0.3) is 11.5 Å². The van der Waals surface area contributed by atoms with Gasteiger partial charge in [-0.3, -0.25) is 14.2 Å². The minimum atomic E-state index is -0.610. The van der Waals surface area contributed by atoms with E-state index in [1.165, 1.54) is 0 Å². The van der Waals surface area contributed by atoms with Gasteiger partial charge in [0.2, 0.25) is 0 Å². The molecule has 1 amide bonds. The Balaban J connectivity index is 1.46. The van der Waals surface area contributed by atoms with Gasteiger partial charge in [0, 0.05) is 25.6 Å². The van der Waals surface area contributed by atoms with Crippen LogP contribution in [0.1, 0.15) is 42.0 Å². The van der Waals surface area contributed by atoms with Crippen LogP contribution in [0.25, 0.3) is 10.9 Å². The minimum absolute atomic E-state index is 0.0358. The number of aryl methyl sites for hydroxylation is 1. The number of aromatic nitrogens is 2. The molecular weight excluding hydrogens is 394 g/mol. The first-order valence-corrected chi connectivity index (χ1v) is 10.5. The molecule has 4 rings (SSSR count). The minimum Gasteiger partial charge on any atom is -0.452 e. The van der Waals surface area contributed by atoms with Crippen LogP contribution in [0.4, 0.5) is 0 Å². The number of benzene rings is 2. The summed E-state index contributed by atoms with van der Waals surface area (Å²) < 4.78 is 6.98. The van der Waals surface area contributed by atoms with Gasteiger partial charge < -0.3 is 9.64 Å². The number of carbonyl (C=O) groups excluding carboxylic acids is 2. The van der Waals surface area contributed by atoms with Crippen molar-refractivity contribution in [1.82, 2.24) is 14.5 Å². The molecule has 0 bridgehead atoms. The van der Waals surface area contributed by atoms with Gasteiger partial charge in [0.05, 0.1) is 16.5 Å². The Morgan fingerprint density at radius 3 is 2.68 bits per heavy atom. The van der Waals surface area contributed by atoms with Crippen molar-refractivity contribution in [2.45, 2.75) is 45.8 Å². The van der Waals surface area contributed by atoms with Crippen LogP contribution >= 0.6 is 0 Å². The predicted molar refractivity (Wildman–Crippen MR) is 117 cm³/mol. The molecule has 0 saturated carbocycles. The van der Waals surface area contributed by atoms with Crippen LogP contribution in [0.5, 0.6) is 0 Å². The number of hydrogen-bond donors (Lipinski definition) is 0. The highest BCUT2D eigenvalue weighted by atomic mass is 16.5. The lowest BCUT2D eigenvalue weighted by Crippen LogP contribution is -2.39. The van der Waals surface area contributed by atoms with Gasteiger partial charge in [0.15, 0.2) is 6.61 Å². The van der Waals surface area contributed by atoms with Gasteiger partial charge >= 0.3 is 5.97 Å². The number of nitrogens with zero attached hydrogens (tertiary/aromatic N) is 3. The van der Waals surface area contributed by atoms with Gasteiger partial charge in [-0.15, -0.1) is 0 Å². The molecule has 2 aromatic carbocycles. The van der Waals surface area contributed by atoms with Crippen LogP contribution in [0.15, 0.2) is 53.3 Å². The normalized spacial score (nSPS) is 12.7. The van der Waals surface area contributed by atoms with Crippen molar-refractivity contribution in [2.75, 3.05) is 6.61 Å². The van der Waals surface area contributed by atoms with E-state index in [2.05, 4.69) is 4.98 Å².